The van der Waals surface area contributed by atoms with Gasteiger partial charge in [0.1, 0.15) is 11.6 Å². The summed E-state index contributed by atoms with van der Waals surface area (Å²) < 4.78 is 18.6. The molecule has 0 saturated heterocycles. The van der Waals surface area contributed by atoms with Crippen LogP contribution in [0.2, 0.25) is 0 Å². The largest absolute Gasteiger partial charge is 0.440 e. The lowest BCUT2D eigenvalue weighted by Gasteiger charge is -2.06. The summed E-state index contributed by atoms with van der Waals surface area (Å²) >= 11 is 0.869. The second kappa shape index (κ2) is 5.38. The summed E-state index contributed by atoms with van der Waals surface area (Å²) in [6.07, 6.45) is 0. The third kappa shape index (κ3) is 2.83. The van der Waals surface area contributed by atoms with Crippen molar-refractivity contribution in [1.82, 2.24) is 0 Å². The number of nitro groups is 1. The van der Waals surface area contributed by atoms with E-state index in [-0.39, 0.29) is 27.2 Å². The maximum Gasteiger partial charge on any atom is 0.323 e. The molecule has 1 aromatic carbocycles. The second-order valence-electron chi connectivity index (χ2n) is 4.11. The van der Waals surface area contributed by atoms with Crippen LogP contribution in [0.15, 0.2) is 24.3 Å². The van der Waals surface area contributed by atoms with E-state index >= 15 is 0 Å². The van der Waals surface area contributed by atoms with E-state index in [2.05, 4.69) is 0 Å². The molecule has 0 bridgehead atoms. The first kappa shape index (κ1) is 14.1. The molecule has 1 heterocycles. The topological polar surface area (TPSA) is 69.4 Å². The Morgan fingerprint density at radius 3 is 2.70 bits per heavy atom. The highest BCUT2D eigenvalue weighted by molar-refractivity contribution is 7.16. The second-order valence-corrected chi connectivity index (χ2v) is 5.12. The van der Waals surface area contributed by atoms with Crippen molar-refractivity contribution in [3.05, 3.63) is 50.6 Å². The minimum absolute atomic E-state index is 0.0334. The molecular weight excluding hydrogens is 285 g/mol. The molecule has 0 unspecified atom stereocenters. The number of carbonyl (C=O) groups excluding carboxylic acids is 1. The van der Waals surface area contributed by atoms with Gasteiger partial charge in [-0.15, -0.1) is 0 Å². The molecule has 2 aromatic rings. The van der Waals surface area contributed by atoms with Crippen LogP contribution in [0.1, 0.15) is 22.2 Å². The maximum atomic E-state index is 13.2. The Labute approximate surface area is 117 Å². The van der Waals surface area contributed by atoms with Gasteiger partial charge in [0.2, 0.25) is 0 Å². The lowest BCUT2D eigenvalue weighted by Crippen LogP contribution is -1.91. The van der Waals surface area contributed by atoms with Gasteiger partial charge in [-0.25, -0.2) is 4.39 Å². The summed E-state index contributed by atoms with van der Waals surface area (Å²) in [7, 11) is 0. The number of Topliss-reactive ketones (excluding diaryl/α,β-unsaturated/α-hetero) is 1. The normalized spacial score (nSPS) is 10.3. The molecule has 2 rings (SSSR count). The van der Waals surface area contributed by atoms with Gasteiger partial charge in [-0.2, -0.15) is 0 Å². The SMILES string of the molecule is CC(=O)c1cc([N+](=O)[O-])c(Oc2cc(F)ccc2C)s1. The van der Waals surface area contributed by atoms with Crippen LogP contribution in [0.3, 0.4) is 0 Å². The van der Waals surface area contributed by atoms with Gasteiger partial charge in [0, 0.05) is 12.1 Å². The van der Waals surface area contributed by atoms with Gasteiger partial charge in [0.15, 0.2) is 5.78 Å². The number of benzene rings is 1. The quantitative estimate of drug-likeness (QED) is 0.484. The smallest absolute Gasteiger partial charge is 0.323 e. The summed E-state index contributed by atoms with van der Waals surface area (Å²) in [5.74, 6) is -0.606. The van der Waals surface area contributed by atoms with Crippen LogP contribution in [-0.2, 0) is 0 Å². The Bertz CT molecular complexity index is 696. The zero-order chi connectivity index (χ0) is 14.9. The van der Waals surface area contributed by atoms with Crippen molar-refractivity contribution < 1.29 is 18.8 Å². The van der Waals surface area contributed by atoms with Gasteiger partial charge < -0.3 is 4.74 Å². The number of rotatable bonds is 4. The predicted molar refractivity (Wildman–Crippen MR) is 72.2 cm³/mol. The van der Waals surface area contributed by atoms with Crippen molar-refractivity contribution in [2.45, 2.75) is 13.8 Å². The Morgan fingerprint density at radius 2 is 2.10 bits per heavy atom. The molecule has 1 aromatic heterocycles. The molecule has 0 aliphatic heterocycles. The molecule has 0 amide bonds. The van der Waals surface area contributed by atoms with E-state index in [0.29, 0.717) is 5.56 Å². The van der Waals surface area contributed by atoms with E-state index in [1.807, 2.05) is 0 Å². The highest BCUT2D eigenvalue weighted by Gasteiger charge is 2.23. The average molecular weight is 295 g/mol. The Balaban J connectivity index is 2.44. The van der Waals surface area contributed by atoms with Crippen molar-refractivity contribution in [2.75, 3.05) is 0 Å². The van der Waals surface area contributed by atoms with Crippen molar-refractivity contribution in [3.8, 4) is 10.8 Å². The Morgan fingerprint density at radius 1 is 1.40 bits per heavy atom. The number of ether oxygens (including phenoxy) is 1. The van der Waals surface area contributed by atoms with Gasteiger partial charge in [-0.1, -0.05) is 17.4 Å². The lowest BCUT2D eigenvalue weighted by atomic mass is 10.2. The monoisotopic (exact) mass is 295 g/mol. The van der Waals surface area contributed by atoms with Gasteiger partial charge in [-0.3, -0.25) is 14.9 Å². The molecule has 5 nitrogen and oxygen atoms in total. The molecule has 104 valence electrons. The fraction of sp³-hybridized carbons (Fsp3) is 0.154. The Kier molecular flexibility index (Phi) is 3.80. The molecule has 0 atom stereocenters. The first-order valence-corrected chi connectivity index (χ1v) is 6.43. The van der Waals surface area contributed by atoms with Gasteiger partial charge in [0.05, 0.1) is 9.80 Å². The molecule has 7 heteroatoms. The summed E-state index contributed by atoms with van der Waals surface area (Å²) in [5.41, 5.74) is 0.335. The number of nitrogens with zero attached hydrogens (tertiary/aromatic N) is 1. The number of halogens is 1. The van der Waals surface area contributed by atoms with Crippen molar-refractivity contribution in [2.24, 2.45) is 0 Å². The fourth-order valence-corrected chi connectivity index (χ4v) is 2.41. The predicted octanol–water partition coefficient (Wildman–Crippen LogP) is 4.10. The number of hydrogen-bond acceptors (Lipinski definition) is 5. The third-order valence-electron chi connectivity index (χ3n) is 2.58. The number of ketones is 1. The van der Waals surface area contributed by atoms with Crippen LogP contribution >= 0.6 is 11.3 Å². The van der Waals surface area contributed by atoms with E-state index in [0.717, 1.165) is 23.5 Å². The minimum atomic E-state index is -0.632. The molecule has 0 aliphatic rings. The van der Waals surface area contributed by atoms with Gasteiger partial charge in [-0.05, 0) is 25.5 Å². The summed E-state index contributed by atoms with van der Waals surface area (Å²) in [6, 6.07) is 5.09. The van der Waals surface area contributed by atoms with Crippen LogP contribution < -0.4 is 4.74 Å². The van der Waals surface area contributed by atoms with E-state index in [1.54, 1.807) is 6.92 Å². The fourth-order valence-electron chi connectivity index (χ4n) is 1.52. The van der Waals surface area contributed by atoms with Crippen LogP contribution in [0.25, 0.3) is 0 Å². The van der Waals surface area contributed by atoms with Crippen LogP contribution in [-0.4, -0.2) is 10.7 Å². The molecule has 0 N–H and O–H groups in total. The molecule has 20 heavy (non-hydrogen) atoms. The third-order valence-corrected chi connectivity index (χ3v) is 3.68. The van der Waals surface area contributed by atoms with E-state index < -0.39 is 10.7 Å². The molecule has 0 fully saturated rings. The standard InChI is InChI=1S/C13H10FNO4S/c1-7-3-4-9(14)5-11(7)19-13-10(15(17)18)6-12(20-13)8(2)16/h3-6H,1-2H3. The number of aryl methyl sites for hydroxylation is 1. The van der Waals surface area contributed by atoms with Crippen LogP contribution in [0.5, 0.6) is 10.8 Å². The van der Waals surface area contributed by atoms with E-state index in [9.17, 15) is 19.3 Å². The van der Waals surface area contributed by atoms with Gasteiger partial charge >= 0.3 is 5.69 Å². The molecule has 0 radical (unpaired) electrons. The maximum absolute atomic E-state index is 13.2. The zero-order valence-electron chi connectivity index (χ0n) is 10.7. The average Bonchev–Trinajstić information content (AvgIpc) is 2.78. The van der Waals surface area contributed by atoms with E-state index in [1.165, 1.54) is 19.1 Å². The summed E-state index contributed by atoms with van der Waals surface area (Å²) in [4.78, 5) is 21.8. The first-order valence-electron chi connectivity index (χ1n) is 5.61. The minimum Gasteiger partial charge on any atom is -0.440 e. The van der Waals surface area contributed by atoms with Gasteiger partial charge in [0.25, 0.3) is 5.06 Å². The van der Waals surface area contributed by atoms with Crippen molar-refractivity contribution in [3.63, 3.8) is 0 Å². The first-order chi connectivity index (χ1) is 9.38. The van der Waals surface area contributed by atoms with Crippen molar-refractivity contribution in [1.29, 1.82) is 0 Å². The molecule has 0 spiro atoms. The zero-order valence-corrected chi connectivity index (χ0v) is 11.5. The lowest BCUT2D eigenvalue weighted by molar-refractivity contribution is -0.385. The molecule has 0 saturated carbocycles. The number of carbonyl (C=O) groups is 1. The summed E-state index contributed by atoms with van der Waals surface area (Å²) in [6.45, 7) is 3.01. The highest BCUT2D eigenvalue weighted by Crippen LogP contribution is 2.40. The van der Waals surface area contributed by atoms with E-state index in [4.69, 9.17) is 4.74 Å². The Hall–Kier alpha value is -2.28. The number of hydrogen-bond donors (Lipinski definition) is 0. The summed E-state index contributed by atoms with van der Waals surface area (Å²) in [5, 5.41) is 10.9. The number of thiophene rings is 1. The van der Waals surface area contributed by atoms with Crippen LogP contribution in [0, 0.1) is 22.9 Å². The molecule has 0 aliphatic carbocycles. The van der Waals surface area contributed by atoms with Crippen molar-refractivity contribution >= 4 is 22.8 Å². The highest BCUT2D eigenvalue weighted by atomic mass is 32.1. The van der Waals surface area contributed by atoms with Crippen LogP contribution in [0.4, 0.5) is 10.1 Å². The molecular formula is C13H10FNO4S.